The molecule has 0 aliphatic rings. The van der Waals surface area contributed by atoms with Crippen molar-refractivity contribution in [3.8, 4) is 17.1 Å². The number of rotatable bonds is 7. The lowest BCUT2D eigenvalue weighted by atomic mass is 10.2. The smallest absolute Gasteiger partial charge is 0.382 e. The zero-order chi connectivity index (χ0) is 26.2. The van der Waals surface area contributed by atoms with Crippen LogP contribution in [-0.2, 0) is 13.1 Å². The molecule has 0 saturated carbocycles. The van der Waals surface area contributed by atoms with Crippen molar-refractivity contribution in [1.29, 1.82) is 0 Å². The molecule has 0 radical (unpaired) electrons. The zero-order valence-electron chi connectivity index (χ0n) is 18.0. The van der Waals surface area contributed by atoms with Gasteiger partial charge in [-0.2, -0.15) is 13.2 Å². The van der Waals surface area contributed by atoms with Crippen LogP contribution in [0, 0.1) is 5.82 Å². The molecule has 10 nitrogen and oxygen atoms in total. The normalized spacial score (nSPS) is 12.6. The van der Waals surface area contributed by atoms with Gasteiger partial charge < -0.3 is 10.8 Å². The number of aliphatic hydroxyl groups excluding tert-OH is 1. The van der Waals surface area contributed by atoms with E-state index in [-0.39, 0.29) is 28.7 Å². The summed E-state index contributed by atoms with van der Waals surface area (Å²) < 4.78 is 55.1. The van der Waals surface area contributed by atoms with Gasteiger partial charge in [0.05, 0.1) is 12.2 Å². The Hall–Kier alpha value is -4.04. The molecule has 4 rings (SSSR count). The van der Waals surface area contributed by atoms with Gasteiger partial charge in [0.25, 0.3) is 5.91 Å². The molecule has 36 heavy (non-hydrogen) atoms. The molecule has 0 unspecified atom stereocenters. The van der Waals surface area contributed by atoms with Crippen LogP contribution in [0.3, 0.4) is 0 Å². The number of aromatic nitrogens is 6. The summed E-state index contributed by atoms with van der Waals surface area (Å²) in [7, 11) is 0. The summed E-state index contributed by atoms with van der Waals surface area (Å²) >= 11 is 5.87. The third-order valence-electron chi connectivity index (χ3n) is 4.97. The molecule has 0 saturated heterocycles. The maximum atomic E-state index is 13.7. The molecule has 2 aromatic carbocycles. The van der Waals surface area contributed by atoms with Gasteiger partial charge in [-0.15, -0.1) is 10.2 Å². The van der Waals surface area contributed by atoms with Gasteiger partial charge in [-0.1, -0.05) is 17.7 Å². The molecule has 2 heterocycles. The lowest BCUT2D eigenvalue weighted by Gasteiger charge is -2.15. The van der Waals surface area contributed by atoms with Gasteiger partial charge >= 0.3 is 11.9 Å². The first-order chi connectivity index (χ1) is 16.9. The van der Waals surface area contributed by atoms with E-state index in [0.717, 1.165) is 15.4 Å². The highest BCUT2D eigenvalue weighted by Crippen LogP contribution is 2.24. The Morgan fingerprint density at radius 3 is 2.44 bits per heavy atom. The molecule has 0 aliphatic carbocycles. The molecule has 2 aromatic heterocycles. The number of hydrogen-bond donors (Lipinski definition) is 2. The minimum absolute atomic E-state index is 0.121. The van der Waals surface area contributed by atoms with Crippen molar-refractivity contribution >= 4 is 17.5 Å². The van der Waals surface area contributed by atoms with E-state index in [1.54, 1.807) is 0 Å². The minimum atomic E-state index is -4.99. The van der Waals surface area contributed by atoms with E-state index in [0.29, 0.717) is 9.59 Å². The third-order valence-corrected chi connectivity index (χ3v) is 5.23. The minimum Gasteiger partial charge on any atom is -0.382 e. The maximum Gasteiger partial charge on any atom is 0.416 e. The molecule has 15 heteroatoms. The average Bonchev–Trinajstić information content (AvgIpc) is 3.36. The van der Waals surface area contributed by atoms with Crippen molar-refractivity contribution in [3.05, 3.63) is 81.5 Å². The first-order valence-electron chi connectivity index (χ1n) is 10.1. The number of carbonyl (C=O) groups excluding carboxylic acids is 1. The molecular formula is C21H16ClF4N7O3. The number of hydrogen-bond acceptors (Lipinski definition) is 6. The molecule has 0 aliphatic heterocycles. The Labute approximate surface area is 204 Å². The third kappa shape index (κ3) is 5.13. The van der Waals surface area contributed by atoms with Crippen LogP contribution < -0.4 is 11.4 Å². The number of amides is 1. The van der Waals surface area contributed by atoms with E-state index in [9.17, 15) is 32.3 Å². The van der Waals surface area contributed by atoms with Crippen LogP contribution in [0.25, 0.3) is 17.1 Å². The molecule has 4 aromatic rings. The first kappa shape index (κ1) is 25.1. The summed E-state index contributed by atoms with van der Waals surface area (Å²) in [5, 5.41) is 18.1. The molecule has 0 bridgehead atoms. The SMILES string of the molecule is NC(=O)c1nc(Cn2nc(-c3ccc(Cl)cc3)n(C[C@H](O)C(F)(F)F)c2=O)nn1-c1cccc(F)c1. The van der Waals surface area contributed by atoms with Crippen LogP contribution in [0.1, 0.15) is 16.4 Å². The summed E-state index contributed by atoms with van der Waals surface area (Å²) in [6, 6.07) is 10.8. The molecule has 3 N–H and O–H groups in total. The predicted molar refractivity (Wildman–Crippen MR) is 118 cm³/mol. The standard InChI is InChI=1S/C21H16ClF4N7O3/c22-12-6-4-11(5-7-12)18-30-32(20(36)31(18)9-15(34)21(24,25)26)10-16-28-19(17(27)35)33(29-16)14-3-1-2-13(23)8-14/h1-8,15,34H,9-10H2,(H2,27,35)/t15-/m0/s1. The number of halogens is 5. The second kappa shape index (κ2) is 9.54. The predicted octanol–water partition coefficient (Wildman–Crippen LogP) is 2.16. The van der Waals surface area contributed by atoms with Gasteiger partial charge in [0.2, 0.25) is 5.82 Å². The fraction of sp³-hybridized carbons (Fsp3) is 0.190. The number of alkyl halides is 3. The number of nitrogens with two attached hydrogens (primary N) is 1. The number of carbonyl (C=O) groups is 1. The van der Waals surface area contributed by atoms with Crippen molar-refractivity contribution in [2.45, 2.75) is 25.4 Å². The number of primary amides is 1. The summed E-state index contributed by atoms with van der Waals surface area (Å²) in [5.41, 5.74) is 4.71. The molecule has 188 valence electrons. The molecule has 1 atom stereocenters. The quantitative estimate of drug-likeness (QED) is 0.355. The lowest BCUT2D eigenvalue weighted by Crippen LogP contribution is -2.37. The fourth-order valence-electron chi connectivity index (χ4n) is 3.30. The van der Waals surface area contributed by atoms with Crippen LogP contribution in [0.5, 0.6) is 0 Å². The van der Waals surface area contributed by atoms with Crippen LogP contribution in [0.15, 0.2) is 53.3 Å². The van der Waals surface area contributed by atoms with Gasteiger partial charge in [-0.3, -0.25) is 9.36 Å². The molecule has 0 spiro atoms. The van der Waals surface area contributed by atoms with Gasteiger partial charge in [0, 0.05) is 10.6 Å². The highest BCUT2D eigenvalue weighted by atomic mass is 35.5. The monoisotopic (exact) mass is 525 g/mol. The van der Waals surface area contributed by atoms with Gasteiger partial charge in [0.1, 0.15) is 12.4 Å². The Morgan fingerprint density at radius 1 is 1.14 bits per heavy atom. The summed E-state index contributed by atoms with van der Waals surface area (Å²) in [6.07, 6.45) is -7.83. The maximum absolute atomic E-state index is 13.7. The van der Waals surface area contributed by atoms with Crippen molar-refractivity contribution < 1.29 is 27.5 Å². The van der Waals surface area contributed by atoms with Crippen molar-refractivity contribution in [2.75, 3.05) is 0 Å². The van der Waals surface area contributed by atoms with E-state index in [4.69, 9.17) is 17.3 Å². The van der Waals surface area contributed by atoms with Crippen LogP contribution in [-0.4, -0.2) is 52.4 Å². The van der Waals surface area contributed by atoms with Crippen molar-refractivity contribution in [2.24, 2.45) is 5.73 Å². The largest absolute Gasteiger partial charge is 0.416 e. The van der Waals surface area contributed by atoms with Crippen LogP contribution in [0.4, 0.5) is 17.6 Å². The molecule has 0 fully saturated rings. The van der Waals surface area contributed by atoms with E-state index >= 15 is 0 Å². The number of benzene rings is 2. The number of nitrogens with zero attached hydrogens (tertiary/aromatic N) is 6. The molecular weight excluding hydrogens is 510 g/mol. The highest BCUT2D eigenvalue weighted by Gasteiger charge is 2.39. The van der Waals surface area contributed by atoms with Gasteiger partial charge in [-0.05, 0) is 42.5 Å². The summed E-state index contributed by atoms with van der Waals surface area (Å²) in [5.74, 6) is -2.32. The van der Waals surface area contributed by atoms with Crippen LogP contribution >= 0.6 is 11.6 Å². The van der Waals surface area contributed by atoms with E-state index in [2.05, 4.69) is 15.2 Å². The Bertz CT molecular complexity index is 1480. The van der Waals surface area contributed by atoms with E-state index < -0.39 is 42.8 Å². The first-order valence-corrected chi connectivity index (χ1v) is 10.5. The number of aliphatic hydroxyl groups is 1. The topological polar surface area (TPSA) is 134 Å². The van der Waals surface area contributed by atoms with Crippen molar-refractivity contribution in [3.63, 3.8) is 0 Å². The second-order valence-corrected chi connectivity index (χ2v) is 7.98. The fourth-order valence-corrected chi connectivity index (χ4v) is 3.43. The van der Waals surface area contributed by atoms with Crippen LogP contribution in [0.2, 0.25) is 5.02 Å². The average molecular weight is 526 g/mol. The van der Waals surface area contributed by atoms with Gasteiger partial charge in [-0.25, -0.2) is 23.5 Å². The Kier molecular flexibility index (Phi) is 6.65. The summed E-state index contributed by atoms with van der Waals surface area (Å²) in [4.78, 5) is 28.8. The second-order valence-electron chi connectivity index (χ2n) is 7.55. The molecule has 1 amide bonds. The Balaban J connectivity index is 1.77. The summed E-state index contributed by atoms with van der Waals surface area (Å²) in [6.45, 7) is -1.60. The highest BCUT2D eigenvalue weighted by molar-refractivity contribution is 6.30. The van der Waals surface area contributed by atoms with E-state index in [1.165, 1.54) is 42.5 Å². The Morgan fingerprint density at radius 2 is 1.83 bits per heavy atom. The lowest BCUT2D eigenvalue weighted by molar-refractivity contribution is -0.207. The van der Waals surface area contributed by atoms with E-state index in [1.807, 2.05) is 0 Å². The van der Waals surface area contributed by atoms with Gasteiger partial charge in [0.15, 0.2) is 17.8 Å². The zero-order valence-corrected chi connectivity index (χ0v) is 18.8. The van der Waals surface area contributed by atoms with Crippen molar-refractivity contribution in [1.82, 2.24) is 29.1 Å².